The van der Waals surface area contributed by atoms with Crippen molar-refractivity contribution < 1.29 is 38.4 Å². The quantitative estimate of drug-likeness (QED) is 0.0996. The molecule has 0 bridgehead atoms. The molecule has 0 saturated carbocycles. The molecule has 1 aliphatic heterocycles. The number of benzene rings is 5. The van der Waals surface area contributed by atoms with E-state index >= 15 is 0 Å². The molecule has 0 radical (unpaired) electrons. The van der Waals surface area contributed by atoms with Crippen LogP contribution in [-0.4, -0.2) is 50.6 Å². The molecular formula is C48H44O8. The van der Waals surface area contributed by atoms with Gasteiger partial charge >= 0.3 is 11.9 Å². The average Bonchev–Trinajstić information content (AvgIpc) is 3.51. The van der Waals surface area contributed by atoms with Gasteiger partial charge in [-0.1, -0.05) is 108 Å². The van der Waals surface area contributed by atoms with E-state index in [1.807, 2.05) is 30.3 Å². The highest BCUT2D eigenvalue weighted by Gasteiger charge is 2.51. The van der Waals surface area contributed by atoms with Crippen molar-refractivity contribution in [2.24, 2.45) is 0 Å². The first-order valence-electron chi connectivity index (χ1n) is 18.9. The van der Waals surface area contributed by atoms with E-state index in [-0.39, 0.29) is 32.2 Å². The van der Waals surface area contributed by atoms with Crippen molar-refractivity contribution >= 4 is 28.8 Å². The molecule has 0 saturated heterocycles. The molecule has 1 N–H and O–H groups in total. The van der Waals surface area contributed by atoms with Crippen LogP contribution in [0.1, 0.15) is 58.2 Å². The third-order valence-electron chi connectivity index (χ3n) is 11.1. The SMILES string of the molecule is COc1ccc(C2(C3=CCC(OC)C=C3)C=Cc3c4c(c5ccc(C)cc5c3O2)-c2ccc(C)cc2C4(OCCOC(=O)CCC(=O)O)c2ccccc2)cc1. The fourth-order valence-corrected chi connectivity index (χ4v) is 8.41. The van der Waals surface area contributed by atoms with Crippen molar-refractivity contribution in [2.45, 2.75) is 50.4 Å². The Balaban J connectivity index is 1.37. The Kier molecular flexibility index (Phi) is 9.87. The zero-order chi connectivity index (χ0) is 39.0. The second-order valence-corrected chi connectivity index (χ2v) is 14.5. The van der Waals surface area contributed by atoms with Gasteiger partial charge in [-0.15, -0.1) is 0 Å². The van der Waals surface area contributed by atoms with Crippen LogP contribution in [0.2, 0.25) is 0 Å². The number of carboxylic acid groups (broad SMARTS) is 1. The van der Waals surface area contributed by atoms with Crippen molar-refractivity contribution in [2.75, 3.05) is 27.4 Å². The average molecular weight is 749 g/mol. The maximum absolute atomic E-state index is 12.5. The highest BCUT2D eigenvalue weighted by Crippen LogP contribution is 2.61. The van der Waals surface area contributed by atoms with Gasteiger partial charge in [-0.05, 0) is 72.2 Å². The predicted molar refractivity (Wildman–Crippen MR) is 216 cm³/mol. The van der Waals surface area contributed by atoms with Gasteiger partial charge in [-0.3, -0.25) is 9.59 Å². The Labute approximate surface area is 326 Å². The summed E-state index contributed by atoms with van der Waals surface area (Å²) in [7, 11) is 3.38. The van der Waals surface area contributed by atoms with Crippen LogP contribution in [0.4, 0.5) is 0 Å². The monoisotopic (exact) mass is 748 g/mol. The minimum Gasteiger partial charge on any atom is -0.497 e. The van der Waals surface area contributed by atoms with Gasteiger partial charge in [-0.25, -0.2) is 0 Å². The van der Waals surface area contributed by atoms with Gasteiger partial charge in [0.05, 0.1) is 32.7 Å². The van der Waals surface area contributed by atoms with Gasteiger partial charge in [0.1, 0.15) is 23.7 Å². The Hall–Kier alpha value is -5.96. The summed E-state index contributed by atoms with van der Waals surface area (Å²) in [6, 6.07) is 31.2. The van der Waals surface area contributed by atoms with Crippen LogP contribution < -0.4 is 9.47 Å². The summed E-state index contributed by atoms with van der Waals surface area (Å²) < 4.78 is 31.5. The first-order valence-corrected chi connectivity index (χ1v) is 18.9. The second kappa shape index (κ2) is 14.9. The first kappa shape index (κ1) is 37.0. The van der Waals surface area contributed by atoms with Crippen molar-refractivity contribution in [3.05, 3.63) is 160 Å². The lowest BCUT2D eigenvalue weighted by molar-refractivity contribution is -0.149. The van der Waals surface area contributed by atoms with E-state index in [1.54, 1.807) is 14.2 Å². The molecule has 8 heteroatoms. The predicted octanol–water partition coefficient (Wildman–Crippen LogP) is 9.36. The molecular weight excluding hydrogens is 705 g/mol. The summed E-state index contributed by atoms with van der Waals surface area (Å²) in [5.74, 6) is -0.150. The summed E-state index contributed by atoms with van der Waals surface area (Å²) in [6.07, 6.45) is 10.9. The molecule has 5 aromatic rings. The lowest BCUT2D eigenvalue weighted by Crippen LogP contribution is -2.37. The topological polar surface area (TPSA) is 101 Å². The number of carboxylic acids is 1. The zero-order valence-electron chi connectivity index (χ0n) is 32.0. The smallest absolute Gasteiger partial charge is 0.306 e. The Morgan fingerprint density at radius 1 is 0.839 bits per heavy atom. The highest BCUT2D eigenvalue weighted by molar-refractivity contribution is 6.09. The Bertz CT molecular complexity index is 2430. The fraction of sp³-hybridized carbons (Fsp3) is 0.250. The van der Waals surface area contributed by atoms with Crippen molar-refractivity contribution in [1.29, 1.82) is 0 Å². The minimum atomic E-state index is -1.13. The molecule has 8 rings (SSSR count). The van der Waals surface area contributed by atoms with E-state index in [2.05, 4.69) is 105 Å². The molecule has 284 valence electrons. The molecule has 0 aromatic heterocycles. The maximum Gasteiger partial charge on any atom is 0.306 e. The molecule has 5 aromatic carbocycles. The summed E-state index contributed by atoms with van der Waals surface area (Å²) in [4.78, 5) is 23.6. The molecule has 3 aliphatic rings. The molecule has 1 heterocycles. The fourth-order valence-electron chi connectivity index (χ4n) is 8.41. The maximum atomic E-state index is 12.5. The number of aliphatic carboxylic acids is 1. The molecule has 2 aliphatic carbocycles. The molecule has 0 fully saturated rings. The van der Waals surface area contributed by atoms with Gasteiger partial charge in [0.2, 0.25) is 0 Å². The number of aryl methyl sites for hydroxylation is 2. The number of fused-ring (bicyclic) bond motifs is 8. The van der Waals surface area contributed by atoms with Crippen LogP contribution in [0.15, 0.2) is 121 Å². The van der Waals surface area contributed by atoms with Crippen LogP contribution in [0, 0.1) is 13.8 Å². The third-order valence-corrected chi connectivity index (χ3v) is 11.1. The van der Waals surface area contributed by atoms with E-state index < -0.39 is 23.1 Å². The van der Waals surface area contributed by atoms with E-state index in [9.17, 15) is 9.59 Å². The molecule has 3 atom stereocenters. The van der Waals surface area contributed by atoms with Crippen LogP contribution in [-0.2, 0) is 35.0 Å². The summed E-state index contributed by atoms with van der Waals surface area (Å²) >= 11 is 0. The number of carbonyl (C=O) groups excluding carboxylic acids is 1. The summed E-state index contributed by atoms with van der Waals surface area (Å²) in [5, 5.41) is 11.1. The number of hydrogen-bond acceptors (Lipinski definition) is 7. The molecule has 0 spiro atoms. The van der Waals surface area contributed by atoms with Crippen molar-refractivity contribution in [3.63, 3.8) is 0 Å². The lowest BCUT2D eigenvalue weighted by atomic mass is 9.77. The summed E-state index contributed by atoms with van der Waals surface area (Å²) in [5.41, 5.74) is 7.85. The third kappa shape index (κ3) is 6.29. The van der Waals surface area contributed by atoms with E-state index in [1.165, 1.54) is 0 Å². The summed E-state index contributed by atoms with van der Waals surface area (Å²) in [6.45, 7) is 4.18. The van der Waals surface area contributed by atoms with E-state index in [0.717, 1.165) is 77.9 Å². The van der Waals surface area contributed by atoms with Crippen LogP contribution in [0.25, 0.3) is 28.0 Å². The molecule has 3 unspecified atom stereocenters. The van der Waals surface area contributed by atoms with Crippen LogP contribution >= 0.6 is 0 Å². The van der Waals surface area contributed by atoms with Gasteiger partial charge in [0.15, 0.2) is 5.60 Å². The normalized spacial score (nSPS) is 20.4. The highest BCUT2D eigenvalue weighted by atomic mass is 16.6. The Morgan fingerprint density at radius 3 is 2.32 bits per heavy atom. The number of rotatable bonds is 12. The lowest BCUT2D eigenvalue weighted by Gasteiger charge is -2.41. The van der Waals surface area contributed by atoms with Crippen LogP contribution in [0.5, 0.6) is 11.5 Å². The number of esters is 1. The first-order chi connectivity index (χ1) is 27.2. The number of hydrogen-bond donors (Lipinski definition) is 1. The zero-order valence-corrected chi connectivity index (χ0v) is 32.0. The van der Waals surface area contributed by atoms with Crippen molar-refractivity contribution in [1.82, 2.24) is 0 Å². The standard InChI is InChI=1S/C48H44O8/c1-30-10-20-37-40(28-30)46-39(24-25-47(56-46,32-12-16-35(52-3)17-13-32)33-14-18-36(53-4)19-15-33)45-44(37)38-21-11-31(2)29-41(38)48(45,34-8-6-5-7-9-34)55-27-26-54-43(51)23-22-42(49)50/h5-18,20-21,24-25,28-29,36H,19,22-23,26-27H2,1-4H3,(H,49,50). The van der Waals surface area contributed by atoms with Gasteiger partial charge in [-0.2, -0.15) is 0 Å². The minimum absolute atomic E-state index is 0.0275. The van der Waals surface area contributed by atoms with Gasteiger partial charge in [0.25, 0.3) is 0 Å². The number of carbonyl (C=O) groups is 2. The van der Waals surface area contributed by atoms with Crippen molar-refractivity contribution in [3.8, 4) is 22.6 Å². The largest absolute Gasteiger partial charge is 0.497 e. The van der Waals surface area contributed by atoms with Gasteiger partial charge < -0.3 is 28.8 Å². The molecule has 8 nitrogen and oxygen atoms in total. The van der Waals surface area contributed by atoms with E-state index in [4.69, 9.17) is 28.8 Å². The molecule has 0 amide bonds. The Morgan fingerprint density at radius 2 is 1.61 bits per heavy atom. The van der Waals surface area contributed by atoms with E-state index in [0.29, 0.717) is 6.42 Å². The number of ether oxygens (including phenoxy) is 5. The second-order valence-electron chi connectivity index (χ2n) is 14.5. The van der Waals surface area contributed by atoms with Crippen LogP contribution in [0.3, 0.4) is 0 Å². The van der Waals surface area contributed by atoms with Gasteiger partial charge in [0, 0.05) is 34.7 Å². The molecule has 56 heavy (non-hydrogen) atoms. The number of methoxy groups -OCH3 is 2.